The summed E-state index contributed by atoms with van der Waals surface area (Å²) in [6.45, 7) is 6.41. The number of amides is 1. The lowest BCUT2D eigenvalue weighted by atomic mass is 10.2. The zero-order valence-electron chi connectivity index (χ0n) is 17.2. The summed E-state index contributed by atoms with van der Waals surface area (Å²) in [5.41, 5.74) is 4.37. The SMILES string of the molecule is CCCCOc1ccc(C=NNC(=O)[C@H](C)Oc2ccc(C)cc2Br)cc1OC. The van der Waals surface area contributed by atoms with E-state index in [0.717, 1.165) is 28.4 Å². The van der Waals surface area contributed by atoms with Crippen LogP contribution in [0.4, 0.5) is 0 Å². The highest BCUT2D eigenvalue weighted by molar-refractivity contribution is 9.10. The molecule has 7 heteroatoms. The van der Waals surface area contributed by atoms with Gasteiger partial charge in [-0.05, 0) is 77.7 Å². The summed E-state index contributed by atoms with van der Waals surface area (Å²) in [5, 5.41) is 4.01. The number of halogens is 1. The molecule has 0 fully saturated rings. The first-order chi connectivity index (χ1) is 13.9. The molecule has 0 saturated heterocycles. The van der Waals surface area contributed by atoms with Crippen molar-refractivity contribution >= 4 is 28.1 Å². The van der Waals surface area contributed by atoms with Crippen LogP contribution in [-0.2, 0) is 4.79 Å². The molecule has 156 valence electrons. The van der Waals surface area contributed by atoms with Crippen LogP contribution in [-0.4, -0.2) is 31.9 Å². The monoisotopic (exact) mass is 462 g/mol. The van der Waals surface area contributed by atoms with Gasteiger partial charge in [-0.3, -0.25) is 4.79 Å². The van der Waals surface area contributed by atoms with Crippen LogP contribution in [0.15, 0.2) is 46.0 Å². The lowest BCUT2D eigenvalue weighted by Gasteiger charge is -2.14. The van der Waals surface area contributed by atoms with Crippen molar-refractivity contribution in [3.05, 3.63) is 52.0 Å². The highest BCUT2D eigenvalue weighted by Crippen LogP contribution is 2.28. The van der Waals surface area contributed by atoms with Crippen molar-refractivity contribution in [2.75, 3.05) is 13.7 Å². The number of carbonyl (C=O) groups is 1. The molecular formula is C22H27BrN2O4. The highest BCUT2D eigenvalue weighted by Gasteiger charge is 2.15. The predicted octanol–water partition coefficient (Wildman–Crippen LogP) is 4.86. The molecule has 0 aliphatic rings. The van der Waals surface area contributed by atoms with Gasteiger partial charge in [0.1, 0.15) is 5.75 Å². The Hall–Kier alpha value is -2.54. The van der Waals surface area contributed by atoms with Crippen molar-refractivity contribution in [1.29, 1.82) is 0 Å². The number of hydrazone groups is 1. The molecule has 2 aromatic carbocycles. The number of nitrogens with zero attached hydrogens (tertiary/aromatic N) is 1. The van der Waals surface area contributed by atoms with E-state index >= 15 is 0 Å². The molecule has 0 bridgehead atoms. The summed E-state index contributed by atoms with van der Waals surface area (Å²) in [7, 11) is 1.59. The van der Waals surface area contributed by atoms with E-state index in [0.29, 0.717) is 23.9 Å². The molecule has 0 saturated carbocycles. The fourth-order valence-corrected chi connectivity index (χ4v) is 3.00. The molecule has 0 spiro atoms. The van der Waals surface area contributed by atoms with E-state index in [1.54, 1.807) is 26.3 Å². The fourth-order valence-electron chi connectivity index (χ4n) is 2.42. The van der Waals surface area contributed by atoms with Crippen LogP contribution >= 0.6 is 15.9 Å². The Morgan fingerprint density at radius 2 is 1.97 bits per heavy atom. The zero-order chi connectivity index (χ0) is 21.2. The number of hydrogen-bond donors (Lipinski definition) is 1. The number of benzene rings is 2. The van der Waals surface area contributed by atoms with Gasteiger partial charge in [-0.15, -0.1) is 0 Å². The third-order valence-electron chi connectivity index (χ3n) is 4.09. The molecule has 0 aromatic heterocycles. The second-order valence-corrected chi connectivity index (χ2v) is 7.39. The van der Waals surface area contributed by atoms with E-state index in [-0.39, 0.29) is 5.91 Å². The Morgan fingerprint density at radius 1 is 1.21 bits per heavy atom. The number of carbonyl (C=O) groups excluding carboxylic acids is 1. The zero-order valence-corrected chi connectivity index (χ0v) is 18.8. The second kappa shape index (κ2) is 11.5. The van der Waals surface area contributed by atoms with Crippen LogP contribution in [0.1, 0.15) is 37.8 Å². The van der Waals surface area contributed by atoms with Gasteiger partial charge in [0.2, 0.25) is 0 Å². The Bertz CT molecular complexity index is 855. The summed E-state index contributed by atoms with van der Waals surface area (Å²) in [5.74, 6) is 1.57. The number of rotatable bonds is 10. The topological polar surface area (TPSA) is 69.2 Å². The molecule has 2 rings (SSSR count). The van der Waals surface area contributed by atoms with Crippen LogP contribution in [0.2, 0.25) is 0 Å². The van der Waals surface area contributed by atoms with E-state index in [9.17, 15) is 4.79 Å². The van der Waals surface area contributed by atoms with Crippen molar-refractivity contribution < 1.29 is 19.0 Å². The number of methoxy groups -OCH3 is 1. The number of unbranched alkanes of at least 4 members (excludes halogenated alkanes) is 1. The smallest absolute Gasteiger partial charge is 0.280 e. The summed E-state index contributed by atoms with van der Waals surface area (Å²) in [6, 6.07) is 11.2. The number of ether oxygens (including phenoxy) is 3. The van der Waals surface area contributed by atoms with E-state index < -0.39 is 6.10 Å². The van der Waals surface area contributed by atoms with Crippen LogP contribution in [0.3, 0.4) is 0 Å². The van der Waals surface area contributed by atoms with Gasteiger partial charge in [-0.25, -0.2) is 5.43 Å². The highest BCUT2D eigenvalue weighted by atomic mass is 79.9. The minimum Gasteiger partial charge on any atom is -0.493 e. The summed E-state index contributed by atoms with van der Waals surface area (Å²) < 4.78 is 17.6. The van der Waals surface area contributed by atoms with Crippen molar-refractivity contribution in [2.24, 2.45) is 5.10 Å². The van der Waals surface area contributed by atoms with Gasteiger partial charge in [-0.1, -0.05) is 19.4 Å². The first-order valence-corrected chi connectivity index (χ1v) is 10.3. The van der Waals surface area contributed by atoms with Gasteiger partial charge in [0.05, 0.1) is 24.4 Å². The summed E-state index contributed by atoms with van der Waals surface area (Å²) in [6.07, 6.45) is 2.90. The minimum absolute atomic E-state index is 0.347. The predicted molar refractivity (Wildman–Crippen MR) is 118 cm³/mol. The van der Waals surface area contributed by atoms with Crippen LogP contribution in [0.25, 0.3) is 0 Å². The molecule has 2 aromatic rings. The molecule has 0 aliphatic carbocycles. The van der Waals surface area contributed by atoms with Crippen molar-refractivity contribution in [3.63, 3.8) is 0 Å². The Morgan fingerprint density at radius 3 is 2.66 bits per heavy atom. The maximum absolute atomic E-state index is 12.2. The third kappa shape index (κ3) is 7.09. The van der Waals surface area contributed by atoms with Gasteiger partial charge >= 0.3 is 0 Å². The average molecular weight is 463 g/mol. The largest absolute Gasteiger partial charge is 0.493 e. The number of aryl methyl sites for hydroxylation is 1. The van der Waals surface area contributed by atoms with Gasteiger partial charge in [0.15, 0.2) is 17.6 Å². The fraction of sp³-hybridized carbons (Fsp3) is 0.364. The first kappa shape index (κ1) is 22.7. The van der Waals surface area contributed by atoms with Gasteiger partial charge < -0.3 is 14.2 Å². The quantitative estimate of drug-likeness (QED) is 0.310. The minimum atomic E-state index is -0.699. The summed E-state index contributed by atoms with van der Waals surface area (Å²) >= 11 is 3.44. The molecule has 29 heavy (non-hydrogen) atoms. The lowest BCUT2D eigenvalue weighted by Crippen LogP contribution is -2.33. The maximum Gasteiger partial charge on any atom is 0.280 e. The van der Waals surface area contributed by atoms with Crippen LogP contribution in [0, 0.1) is 6.92 Å². The molecule has 6 nitrogen and oxygen atoms in total. The third-order valence-corrected chi connectivity index (χ3v) is 4.71. The molecule has 0 aliphatic heterocycles. The van der Waals surface area contributed by atoms with Crippen molar-refractivity contribution in [2.45, 2.75) is 39.7 Å². The first-order valence-electron chi connectivity index (χ1n) is 9.51. The van der Waals surface area contributed by atoms with Crippen molar-refractivity contribution in [1.82, 2.24) is 5.43 Å². The van der Waals surface area contributed by atoms with Gasteiger partial charge in [-0.2, -0.15) is 5.10 Å². The second-order valence-electron chi connectivity index (χ2n) is 6.54. The Labute approximate surface area is 180 Å². The number of hydrogen-bond acceptors (Lipinski definition) is 5. The standard InChI is InChI=1S/C22H27BrN2O4/c1-5-6-11-28-20-10-8-17(13-21(20)27-4)14-24-25-22(26)16(3)29-19-9-7-15(2)12-18(19)23/h7-10,12-14,16H,5-6,11H2,1-4H3,(H,25,26)/t16-/m0/s1. The van der Waals surface area contributed by atoms with E-state index in [1.807, 2.05) is 37.3 Å². The van der Waals surface area contributed by atoms with Crippen LogP contribution < -0.4 is 19.6 Å². The molecule has 0 heterocycles. The van der Waals surface area contributed by atoms with Gasteiger partial charge in [0.25, 0.3) is 5.91 Å². The lowest BCUT2D eigenvalue weighted by molar-refractivity contribution is -0.127. The Kier molecular flexibility index (Phi) is 8.99. The van der Waals surface area contributed by atoms with Crippen molar-refractivity contribution in [3.8, 4) is 17.2 Å². The Balaban J connectivity index is 1.93. The molecular weight excluding hydrogens is 436 g/mol. The number of nitrogens with one attached hydrogen (secondary N) is 1. The van der Waals surface area contributed by atoms with E-state index in [1.165, 1.54) is 0 Å². The van der Waals surface area contributed by atoms with E-state index in [4.69, 9.17) is 14.2 Å². The molecule has 1 amide bonds. The summed E-state index contributed by atoms with van der Waals surface area (Å²) in [4.78, 5) is 12.2. The maximum atomic E-state index is 12.2. The van der Waals surface area contributed by atoms with Crippen LogP contribution in [0.5, 0.6) is 17.2 Å². The average Bonchev–Trinajstić information content (AvgIpc) is 2.70. The molecule has 1 N–H and O–H groups in total. The van der Waals surface area contributed by atoms with E-state index in [2.05, 4.69) is 33.4 Å². The molecule has 1 atom stereocenters. The molecule has 0 unspecified atom stereocenters. The normalized spacial score (nSPS) is 11.9. The van der Waals surface area contributed by atoms with Gasteiger partial charge in [0, 0.05) is 0 Å². The molecule has 0 radical (unpaired) electrons.